The van der Waals surface area contributed by atoms with Gasteiger partial charge in [-0.1, -0.05) is 0 Å². The average Bonchev–Trinajstić information content (AvgIpc) is 3.52. The van der Waals surface area contributed by atoms with Crippen molar-refractivity contribution in [3.8, 4) is 22.8 Å². The van der Waals surface area contributed by atoms with E-state index in [-0.39, 0.29) is 46.8 Å². The summed E-state index contributed by atoms with van der Waals surface area (Å²) in [5.74, 6) is -10.1. The zero-order valence-corrected chi connectivity index (χ0v) is 19.2. The van der Waals surface area contributed by atoms with Gasteiger partial charge in [-0.2, -0.15) is 13.9 Å². The van der Waals surface area contributed by atoms with Crippen LogP contribution in [0.15, 0.2) is 42.9 Å². The Labute approximate surface area is 210 Å². The number of carbonyl (C=O) groups excluding carboxylic acids is 1. The van der Waals surface area contributed by atoms with E-state index >= 15 is 4.39 Å². The molecule has 1 saturated heterocycles. The summed E-state index contributed by atoms with van der Waals surface area (Å²) in [7, 11) is 0. The van der Waals surface area contributed by atoms with Crippen molar-refractivity contribution >= 4 is 22.8 Å². The van der Waals surface area contributed by atoms with Crippen LogP contribution in [0.4, 0.5) is 27.8 Å². The van der Waals surface area contributed by atoms with Crippen LogP contribution in [0.3, 0.4) is 0 Å². The van der Waals surface area contributed by atoms with Crippen molar-refractivity contribution in [3.05, 3.63) is 72.0 Å². The monoisotopic (exact) mass is 532 g/mol. The normalized spacial score (nSPS) is 15.6. The number of aromatic nitrogens is 4. The highest BCUT2D eigenvalue weighted by atomic mass is 19.2. The van der Waals surface area contributed by atoms with E-state index in [1.54, 1.807) is 0 Å². The minimum atomic E-state index is -1.78. The van der Waals surface area contributed by atoms with Crippen LogP contribution in [0, 0.1) is 29.1 Å². The summed E-state index contributed by atoms with van der Waals surface area (Å²) in [6.45, 7) is 0.610. The molecule has 0 saturated carbocycles. The first kappa shape index (κ1) is 24.9. The Morgan fingerprint density at radius 2 is 1.82 bits per heavy atom. The van der Waals surface area contributed by atoms with E-state index in [0.717, 1.165) is 18.2 Å². The third-order valence-corrected chi connectivity index (χ3v) is 6.04. The molecule has 1 unspecified atom stereocenters. The number of ether oxygens (including phenoxy) is 1. The molecule has 9 nitrogen and oxygen atoms in total. The van der Waals surface area contributed by atoms with E-state index in [1.165, 1.54) is 22.0 Å². The van der Waals surface area contributed by atoms with Gasteiger partial charge in [0.1, 0.15) is 29.4 Å². The van der Waals surface area contributed by atoms with Crippen LogP contribution >= 0.6 is 0 Å². The summed E-state index contributed by atoms with van der Waals surface area (Å²) in [6.07, 6.45) is 3.36. The lowest BCUT2D eigenvalue weighted by Gasteiger charge is -2.14. The number of anilines is 1. The number of nitrogens with zero attached hydrogens (tertiary/aromatic N) is 5. The number of hydrogen-bond acceptors (Lipinski definition) is 7. The van der Waals surface area contributed by atoms with Crippen LogP contribution in [0.1, 0.15) is 12.5 Å². The molecule has 2 aromatic carbocycles. The zero-order valence-electron chi connectivity index (χ0n) is 19.2. The molecular formula is C24H17F5N6O3. The minimum absolute atomic E-state index is 0.00416. The van der Waals surface area contributed by atoms with Gasteiger partial charge in [-0.25, -0.2) is 27.8 Å². The second-order valence-electron chi connectivity index (χ2n) is 8.33. The molecule has 0 bridgehead atoms. The third kappa shape index (κ3) is 4.23. The summed E-state index contributed by atoms with van der Waals surface area (Å²) >= 11 is 0. The van der Waals surface area contributed by atoms with Gasteiger partial charge >= 0.3 is 0 Å². The minimum Gasteiger partial charge on any atom is -0.515 e. The highest BCUT2D eigenvalue weighted by Crippen LogP contribution is 2.37. The molecule has 2 aromatic heterocycles. The molecule has 0 aliphatic carbocycles. The molecule has 1 fully saturated rings. The van der Waals surface area contributed by atoms with E-state index in [0.29, 0.717) is 19.2 Å². The Kier molecular flexibility index (Phi) is 6.30. The second kappa shape index (κ2) is 9.61. The van der Waals surface area contributed by atoms with Crippen LogP contribution in [-0.4, -0.2) is 48.8 Å². The highest BCUT2D eigenvalue weighted by Gasteiger charge is 2.31. The molecule has 0 spiro atoms. The zero-order chi connectivity index (χ0) is 27.1. The molecule has 1 atom stereocenters. The maximum atomic E-state index is 15.3. The molecule has 1 amide bonds. The lowest BCUT2D eigenvalue weighted by atomic mass is 10.1. The smallest absolute Gasteiger partial charge is 0.249 e. The number of likely N-dealkylation sites (tertiary alicyclic amines) is 1. The van der Waals surface area contributed by atoms with E-state index in [2.05, 4.69) is 15.1 Å². The van der Waals surface area contributed by atoms with Crippen LogP contribution in [0.5, 0.6) is 11.5 Å². The number of aliphatic hydroxyl groups excluding tert-OH is 1. The Bertz CT molecular complexity index is 1580. The number of carbonyl (C=O) groups is 1. The average molecular weight is 532 g/mol. The number of rotatable bonds is 5. The Balaban J connectivity index is 1.52. The van der Waals surface area contributed by atoms with Crippen molar-refractivity contribution < 1.29 is 36.6 Å². The quantitative estimate of drug-likeness (QED) is 0.169. The largest absolute Gasteiger partial charge is 0.515 e. The maximum Gasteiger partial charge on any atom is 0.249 e. The molecule has 0 radical (unpaired) electrons. The van der Waals surface area contributed by atoms with Gasteiger partial charge in [-0.3, -0.25) is 4.79 Å². The maximum absolute atomic E-state index is 15.3. The predicted molar refractivity (Wildman–Crippen MR) is 123 cm³/mol. The molecule has 3 heterocycles. The first-order valence-corrected chi connectivity index (χ1v) is 11.1. The lowest BCUT2D eigenvalue weighted by Crippen LogP contribution is -2.27. The van der Waals surface area contributed by atoms with Crippen LogP contribution in [-0.2, 0) is 4.79 Å². The Hall–Kier alpha value is -4.75. The number of aliphatic hydroxyl groups is 1. The third-order valence-electron chi connectivity index (χ3n) is 6.04. The molecule has 3 N–H and O–H groups in total. The van der Waals surface area contributed by atoms with E-state index in [1.807, 2.05) is 0 Å². The molecule has 14 heteroatoms. The van der Waals surface area contributed by atoms with Gasteiger partial charge in [0.2, 0.25) is 23.3 Å². The van der Waals surface area contributed by atoms with Crippen molar-refractivity contribution in [2.75, 3.05) is 18.8 Å². The van der Waals surface area contributed by atoms with Gasteiger partial charge in [0, 0.05) is 36.9 Å². The molecule has 38 heavy (non-hydrogen) atoms. The number of amides is 1. The number of benzene rings is 2. The van der Waals surface area contributed by atoms with E-state index in [4.69, 9.17) is 15.6 Å². The van der Waals surface area contributed by atoms with Gasteiger partial charge < -0.3 is 20.5 Å². The summed E-state index contributed by atoms with van der Waals surface area (Å²) < 4.78 is 76.7. The number of hydrogen-bond donors (Lipinski definition) is 2. The van der Waals surface area contributed by atoms with Crippen molar-refractivity contribution in [2.24, 2.45) is 0 Å². The number of fused-ring (bicyclic) bond motifs is 1. The molecular weight excluding hydrogens is 515 g/mol. The first-order valence-electron chi connectivity index (χ1n) is 11.1. The van der Waals surface area contributed by atoms with Gasteiger partial charge in [0.15, 0.2) is 17.3 Å². The van der Waals surface area contributed by atoms with Crippen LogP contribution in [0.25, 0.3) is 22.3 Å². The fourth-order valence-corrected chi connectivity index (χ4v) is 4.26. The molecule has 196 valence electrons. The Morgan fingerprint density at radius 3 is 2.50 bits per heavy atom. The van der Waals surface area contributed by atoms with Crippen molar-refractivity contribution in [1.82, 2.24) is 24.6 Å². The summed E-state index contributed by atoms with van der Waals surface area (Å²) in [5.41, 5.74) is 6.30. The topological polar surface area (TPSA) is 119 Å². The van der Waals surface area contributed by atoms with Crippen molar-refractivity contribution in [2.45, 2.75) is 12.5 Å². The van der Waals surface area contributed by atoms with Gasteiger partial charge in [0.25, 0.3) is 0 Å². The first-order chi connectivity index (χ1) is 18.2. The summed E-state index contributed by atoms with van der Waals surface area (Å²) in [6, 6.07) is 2.75. The van der Waals surface area contributed by atoms with Crippen LogP contribution in [0.2, 0.25) is 0 Å². The Morgan fingerprint density at radius 1 is 1.08 bits per heavy atom. The standard InChI is InChI=1S/C24H17F5N6O3/c25-14-7-12(38-22-19(28)15(26)8-16(27)20(22)29)1-2-13(14)21-18-23(30)31-10-32-24(18)35(33-21)11-3-5-34(9-11)17(37)4-6-36/h1-2,4,6-8,10-11,36H,3,5,9H2,(H2,30,31,32)/b6-4-. The molecule has 1 aliphatic heterocycles. The summed E-state index contributed by atoms with van der Waals surface area (Å²) in [4.78, 5) is 21.8. The van der Waals surface area contributed by atoms with Crippen LogP contribution < -0.4 is 10.5 Å². The fraction of sp³-hybridized carbons (Fsp3) is 0.167. The van der Waals surface area contributed by atoms with Crippen molar-refractivity contribution in [3.63, 3.8) is 0 Å². The lowest BCUT2D eigenvalue weighted by molar-refractivity contribution is -0.125. The van der Waals surface area contributed by atoms with Crippen molar-refractivity contribution in [1.29, 1.82) is 0 Å². The number of halogens is 5. The van der Waals surface area contributed by atoms with Gasteiger partial charge in [-0.05, 0) is 18.6 Å². The van der Waals surface area contributed by atoms with Gasteiger partial charge in [-0.15, -0.1) is 0 Å². The second-order valence-corrected chi connectivity index (χ2v) is 8.33. The highest BCUT2D eigenvalue weighted by molar-refractivity contribution is 5.98. The molecule has 4 aromatic rings. The molecule has 1 aliphatic rings. The fourth-order valence-electron chi connectivity index (χ4n) is 4.26. The molecule has 5 rings (SSSR count). The summed E-state index contributed by atoms with van der Waals surface area (Å²) in [5, 5.41) is 13.6. The number of nitrogens with two attached hydrogens (primary N) is 1. The van der Waals surface area contributed by atoms with Gasteiger partial charge in [0.05, 0.1) is 17.7 Å². The van der Waals surface area contributed by atoms with E-state index < -0.39 is 46.5 Å². The predicted octanol–water partition coefficient (Wildman–Crippen LogP) is 4.41. The number of nitrogen functional groups attached to an aromatic ring is 1. The SMILES string of the molecule is Nc1ncnc2c1c(-c1ccc(Oc3c(F)c(F)cc(F)c3F)cc1F)nn2C1CCN(C(=O)/C=C\O)C1. The van der Waals surface area contributed by atoms with E-state index in [9.17, 15) is 22.4 Å².